The van der Waals surface area contributed by atoms with Gasteiger partial charge in [0.1, 0.15) is 5.75 Å². The Morgan fingerprint density at radius 2 is 1.96 bits per heavy atom. The summed E-state index contributed by atoms with van der Waals surface area (Å²) in [5, 5.41) is 3.54. The largest absolute Gasteiger partial charge is 0.484 e. The molecule has 1 aliphatic rings. The Hall–Kier alpha value is -2.20. The van der Waals surface area contributed by atoms with Crippen LogP contribution in [0.5, 0.6) is 5.75 Å². The van der Waals surface area contributed by atoms with Gasteiger partial charge in [-0.3, -0.25) is 4.79 Å². The van der Waals surface area contributed by atoms with Crippen LogP contribution in [0.1, 0.15) is 12.0 Å². The number of nitrogens with zero attached hydrogens (tertiary/aromatic N) is 1. The topological polar surface area (TPSA) is 41.6 Å². The van der Waals surface area contributed by atoms with Crippen LogP contribution in [0.2, 0.25) is 5.02 Å². The van der Waals surface area contributed by atoms with Crippen LogP contribution in [-0.4, -0.2) is 32.1 Å². The third-order valence-electron chi connectivity index (χ3n) is 4.09. The number of anilines is 1. The highest BCUT2D eigenvalue weighted by molar-refractivity contribution is 6.30. The number of ether oxygens (including phenoxy) is 1. The molecule has 1 N–H and O–H groups in total. The predicted octanol–water partition coefficient (Wildman–Crippen LogP) is 3.29. The SMILES string of the molecule is O=C(COc1ccc(Cl)cc1)NCCCN1CCc2ccccc21. The van der Waals surface area contributed by atoms with Gasteiger partial charge in [0.05, 0.1) is 0 Å². The first-order chi connectivity index (χ1) is 11.7. The summed E-state index contributed by atoms with van der Waals surface area (Å²) in [4.78, 5) is 14.2. The van der Waals surface area contributed by atoms with Crippen LogP contribution in [0.25, 0.3) is 0 Å². The number of nitrogens with one attached hydrogen (secondary N) is 1. The second-order valence-electron chi connectivity index (χ2n) is 5.81. The molecule has 0 aliphatic carbocycles. The van der Waals surface area contributed by atoms with E-state index in [1.807, 2.05) is 0 Å². The predicted molar refractivity (Wildman–Crippen MR) is 96.9 cm³/mol. The van der Waals surface area contributed by atoms with Gasteiger partial charge in [0.25, 0.3) is 5.91 Å². The van der Waals surface area contributed by atoms with Crippen LogP contribution in [0, 0.1) is 0 Å². The summed E-state index contributed by atoms with van der Waals surface area (Å²) in [7, 11) is 0. The molecule has 0 aromatic heterocycles. The summed E-state index contributed by atoms with van der Waals surface area (Å²) in [5.74, 6) is 0.537. The third-order valence-corrected chi connectivity index (χ3v) is 4.35. The highest BCUT2D eigenvalue weighted by Gasteiger charge is 2.17. The van der Waals surface area contributed by atoms with Gasteiger partial charge in [-0.2, -0.15) is 0 Å². The molecule has 126 valence electrons. The molecule has 0 spiro atoms. The highest BCUT2D eigenvalue weighted by Crippen LogP contribution is 2.27. The second kappa shape index (κ2) is 8.06. The van der Waals surface area contributed by atoms with E-state index in [2.05, 4.69) is 34.5 Å². The molecule has 0 bridgehead atoms. The van der Waals surface area contributed by atoms with Crippen LogP contribution in [0.15, 0.2) is 48.5 Å². The zero-order valence-electron chi connectivity index (χ0n) is 13.5. The molecule has 3 rings (SSSR count). The molecule has 0 atom stereocenters. The molecule has 0 fully saturated rings. The maximum absolute atomic E-state index is 11.8. The van der Waals surface area contributed by atoms with Crippen LogP contribution >= 0.6 is 11.6 Å². The van der Waals surface area contributed by atoms with E-state index in [4.69, 9.17) is 16.3 Å². The van der Waals surface area contributed by atoms with Crippen LogP contribution in [-0.2, 0) is 11.2 Å². The number of benzene rings is 2. The van der Waals surface area contributed by atoms with E-state index in [0.29, 0.717) is 17.3 Å². The second-order valence-corrected chi connectivity index (χ2v) is 6.25. The van der Waals surface area contributed by atoms with Crippen molar-refractivity contribution in [3.8, 4) is 5.75 Å². The molecule has 0 unspecified atom stereocenters. The quantitative estimate of drug-likeness (QED) is 0.784. The Kier molecular flexibility index (Phi) is 5.59. The first-order valence-electron chi connectivity index (χ1n) is 8.20. The number of hydrogen-bond acceptors (Lipinski definition) is 3. The summed E-state index contributed by atoms with van der Waals surface area (Å²) in [6.45, 7) is 2.69. The number of para-hydroxylation sites is 1. The maximum atomic E-state index is 11.8. The number of halogens is 1. The molecule has 2 aromatic carbocycles. The van der Waals surface area contributed by atoms with Crippen molar-refractivity contribution in [3.63, 3.8) is 0 Å². The van der Waals surface area contributed by atoms with Gasteiger partial charge in [-0.15, -0.1) is 0 Å². The zero-order chi connectivity index (χ0) is 16.8. The minimum absolute atomic E-state index is 0.0220. The smallest absolute Gasteiger partial charge is 0.257 e. The molecule has 0 saturated heterocycles. The zero-order valence-corrected chi connectivity index (χ0v) is 14.3. The fourth-order valence-electron chi connectivity index (χ4n) is 2.87. The van der Waals surface area contributed by atoms with Crippen molar-refractivity contribution in [1.82, 2.24) is 5.32 Å². The van der Waals surface area contributed by atoms with Crippen molar-refractivity contribution < 1.29 is 9.53 Å². The Balaban J connectivity index is 1.33. The summed E-state index contributed by atoms with van der Waals surface area (Å²) >= 11 is 5.81. The van der Waals surface area contributed by atoms with E-state index in [9.17, 15) is 4.79 Å². The molecule has 24 heavy (non-hydrogen) atoms. The number of hydrogen-bond donors (Lipinski definition) is 1. The normalized spacial score (nSPS) is 12.8. The first-order valence-corrected chi connectivity index (χ1v) is 8.58. The monoisotopic (exact) mass is 344 g/mol. The van der Waals surface area contributed by atoms with E-state index in [0.717, 1.165) is 25.9 Å². The Bertz CT molecular complexity index is 688. The number of fused-ring (bicyclic) bond motifs is 1. The molecule has 5 heteroatoms. The summed E-state index contributed by atoms with van der Waals surface area (Å²) in [6.07, 6.45) is 2.03. The third kappa shape index (κ3) is 4.42. The summed E-state index contributed by atoms with van der Waals surface area (Å²) in [6, 6.07) is 15.5. The van der Waals surface area contributed by atoms with E-state index in [-0.39, 0.29) is 12.5 Å². The Morgan fingerprint density at radius 3 is 2.79 bits per heavy atom. The molecule has 2 aromatic rings. The molecule has 4 nitrogen and oxygen atoms in total. The average Bonchev–Trinajstić information content (AvgIpc) is 3.01. The van der Waals surface area contributed by atoms with Crippen molar-refractivity contribution in [2.24, 2.45) is 0 Å². The first kappa shape index (κ1) is 16.7. The van der Waals surface area contributed by atoms with Crippen LogP contribution in [0.3, 0.4) is 0 Å². The maximum Gasteiger partial charge on any atom is 0.257 e. The van der Waals surface area contributed by atoms with Gasteiger partial charge in [-0.1, -0.05) is 29.8 Å². The lowest BCUT2D eigenvalue weighted by Crippen LogP contribution is -2.32. The molecule has 1 heterocycles. The lowest BCUT2D eigenvalue weighted by Gasteiger charge is -2.19. The van der Waals surface area contributed by atoms with Gasteiger partial charge >= 0.3 is 0 Å². The van der Waals surface area contributed by atoms with E-state index in [1.165, 1.54) is 11.3 Å². The Labute approximate surface area is 147 Å². The van der Waals surface area contributed by atoms with Crippen molar-refractivity contribution in [1.29, 1.82) is 0 Å². The van der Waals surface area contributed by atoms with Crippen LogP contribution in [0.4, 0.5) is 5.69 Å². The lowest BCUT2D eigenvalue weighted by atomic mass is 10.2. The molecular formula is C19H21ClN2O2. The highest BCUT2D eigenvalue weighted by atomic mass is 35.5. The molecular weight excluding hydrogens is 324 g/mol. The van der Waals surface area contributed by atoms with Gasteiger partial charge in [0.15, 0.2) is 6.61 Å². The van der Waals surface area contributed by atoms with Crippen molar-refractivity contribution in [2.75, 3.05) is 31.1 Å². The fraction of sp³-hybridized carbons (Fsp3) is 0.316. The van der Waals surface area contributed by atoms with Gasteiger partial charge in [0, 0.05) is 30.3 Å². The minimum Gasteiger partial charge on any atom is -0.484 e. The fourth-order valence-corrected chi connectivity index (χ4v) is 2.99. The van der Waals surface area contributed by atoms with Crippen molar-refractivity contribution in [3.05, 3.63) is 59.1 Å². The van der Waals surface area contributed by atoms with Gasteiger partial charge in [-0.25, -0.2) is 0 Å². The van der Waals surface area contributed by atoms with E-state index < -0.39 is 0 Å². The van der Waals surface area contributed by atoms with E-state index in [1.54, 1.807) is 24.3 Å². The van der Waals surface area contributed by atoms with Crippen molar-refractivity contribution in [2.45, 2.75) is 12.8 Å². The van der Waals surface area contributed by atoms with Gasteiger partial charge in [0.2, 0.25) is 0 Å². The summed E-state index contributed by atoms with van der Waals surface area (Å²) < 4.78 is 5.42. The number of carbonyl (C=O) groups is 1. The van der Waals surface area contributed by atoms with E-state index >= 15 is 0 Å². The molecule has 0 radical (unpaired) electrons. The summed E-state index contributed by atoms with van der Waals surface area (Å²) in [5.41, 5.74) is 2.74. The molecule has 1 aliphatic heterocycles. The van der Waals surface area contributed by atoms with Gasteiger partial charge < -0.3 is 15.0 Å². The van der Waals surface area contributed by atoms with Crippen molar-refractivity contribution >= 4 is 23.2 Å². The van der Waals surface area contributed by atoms with Crippen LogP contribution < -0.4 is 15.0 Å². The van der Waals surface area contributed by atoms with Gasteiger partial charge in [-0.05, 0) is 48.7 Å². The lowest BCUT2D eigenvalue weighted by molar-refractivity contribution is -0.123. The number of amides is 1. The number of rotatable bonds is 7. The minimum atomic E-state index is -0.105. The average molecular weight is 345 g/mol. The molecule has 0 saturated carbocycles. The Morgan fingerprint density at radius 1 is 1.17 bits per heavy atom. The number of carbonyl (C=O) groups excluding carboxylic acids is 1. The molecule has 1 amide bonds. The standard InChI is InChI=1S/C19H21ClN2O2/c20-16-6-8-17(9-7-16)24-14-19(23)21-11-3-12-22-13-10-15-4-1-2-5-18(15)22/h1-2,4-9H,3,10-14H2,(H,21,23).